The first kappa shape index (κ1) is 9.49. The van der Waals surface area contributed by atoms with Crippen LogP contribution in [0.15, 0.2) is 35.3 Å². The molecule has 1 aliphatic heterocycles. The minimum Gasteiger partial charge on any atom is -0.280 e. The van der Waals surface area contributed by atoms with Crippen LogP contribution in [0.5, 0.6) is 0 Å². The van der Waals surface area contributed by atoms with E-state index in [0.717, 1.165) is 19.6 Å². The van der Waals surface area contributed by atoms with Crippen LogP contribution in [0.25, 0.3) is 0 Å². The molecule has 74 valence electrons. The monoisotopic (exact) mass is 209 g/mol. The molecule has 3 nitrogen and oxygen atoms in total. The van der Waals surface area contributed by atoms with E-state index >= 15 is 0 Å². The number of benzene rings is 1. The maximum atomic E-state index is 5.86. The average molecular weight is 210 g/mol. The predicted octanol–water partition coefficient (Wildman–Crippen LogP) is 1.60. The van der Waals surface area contributed by atoms with Gasteiger partial charge >= 0.3 is 0 Å². The number of hydrogen-bond donors (Lipinski definition) is 1. The molecule has 0 unspecified atom stereocenters. The Morgan fingerprint density at radius 3 is 2.79 bits per heavy atom. The lowest BCUT2D eigenvalue weighted by molar-refractivity contribution is 0.335. The van der Waals surface area contributed by atoms with Crippen LogP contribution in [0.1, 0.15) is 5.56 Å². The van der Waals surface area contributed by atoms with Crippen LogP contribution in [0.2, 0.25) is 0 Å². The Hall–Kier alpha value is -1.06. The molecule has 14 heavy (non-hydrogen) atoms. The Morgan fingerprint density at radius 2 is 2.14 bits per heavy atom. The van der Waals surface area contributed by atoms with Crippen LogP contribution in [0, 0.1) is 0 Å². The van der Waals surface area contributed by atoms with Gasteiger partial charge in [-0.25, -0.2) is 5.43 Å². The van der Waals surface area contributed by atoms with E-state index in [-0.39, 0.29) is 0 Å². The summed E-state index contributed by atoms with van der Waals surface area (Å²) < 4.78 is 0. The predicted molar refractivity (Wildman–Crippen MR) is 58.1 cm³/mol. The van der Waals surface area contributed by atoms with Crippen LogP contribution in [-0.4, -0.2) is 23.4 Å². The molecule has 0 spiro atoms. The third kappa shape index (κ3) is 2.25. The number of halogens is 1. The Labute approximate surface area is 88.4 Å². The van der Waals surface area contributed by atoms with Gasteiger partial charge in [-0.2, -0.15) is 0 Å². The van der Waals surface area contributed by atoms with E-state index in [1.807, 2.05) is 23.2 Å². The molecule has 0 atom stereocenters. The average Bonchev–Trinajstić information content (AvgIpc) is 2.63. The normalized spacial score (nSPS) is 15.8. The van der Waals surface area contributed by atoms with E-state index in [0.29, 0.717) is 5.29 Å². The van der Waals surface area contributed by atoms with Gasteiger partial charge in [-0.15, -0.1) is 0 Å². The van der Waals surface area contributed by atoms with Crippen molar-refractivity contribution in [1.82, 2.24) is 10.4 Å². The maximum absolute atomic E-state index is 5.86. The first-order valence-corrected chi connectivity index (χ1v) is 4.99. The quantitative estimate of drug-likeness (QED) is 0.766. The van der Waals surface area contributed by atoms with Crippen molar-refractivity contribution in [2.75, 3.05) is 13.1 Å². The minimum atomic E-state index is 0.556. The molecular formula is C10H12ClN3. The zero-order valence-electron chi connectivity index (χ0n) is 7.78. The topological polar surface area (TPSA) is 27.6 Å². The Morgan fingerprint density at radius 1 is 1.36 bits per heavy atom. The molecule has 0 bridgehead atoms. The van der Waals surface area contributed by atoms with Gasteiger partial charge < -0.3 is 0 Å². The second kappa shape index (κ2) is 4.44. The van der Waals surface area contributed by atoms with Gasteiger partial charge in [0.15, 0.2) is 0 Å². The molecule has 0 aliphatic carbocycles. The summed E-state index contributed by atoms with van der Waals surface area (Å²) in [6.45, 7) is 2.42. The van der Waals surface area contributed by atoms with Crippen molar-refractivity contribution in [3.8, 4) is 0 Å². The fourth-order valence-corrected chi connectivity index (χ4v) is 1.58. The minimum absolute atomic E-state index is 0.556. The smallest absolute Gasteiger partial charge is 0.208 e. The lowest BCUT2D eigenvalue weighted by atomic mass is 10.2. The molecule has 2 rings (SSSR count). The van der Waals surface area contributed by atoms with Crippen molar-refractivity contribution in [2.45, 2.75) is 6.54 Å². The van der Waals surface area contributed by atoms with Crippen molar-refractivity contribution in [3.63, 3.8) is 0 Å². The summed E-state index contributed by atoms with van der Waals surface area (Å²) >= 11 is 5.86. The summed E-state index contributed by atoms with van der Waals surface area (Å²) in [5.41, 5.74) is 4.46. The van der Waals surface area contributed by atoms with Crippen molar-refractivity contribution >= 4 is 16.9 Å². The number of nitrogens with one attached hydrogen (secondary N) is 1. The van der Waals surface area contributed by atoms with E-state index in [1.54, 1.807) is 0 Å². The maximum Gasteiger partial charge on any atom is 0.208 e. The first-order valence-electron chi connectivity index (χ1n) is 4.61. The summed E-state index contributed by atoms with van der Waals surface area (Å²) in [6, 6.07) is 10.2. The van der Waals surface area contributed by atoms with Gasteiger partial charge in [0.05, 0.1) is 13.1 Å². The fraction of sp³-hybridized carbons (Fsp3) is 0.300. The van der Waals surface area contributed by atoms with Gasteiger partial charge in [-0.3, -0.25) is 10.0 Å². The third-order valence-electron chi connectivity index (χ3n) is 2.11. The van der Waals surface area contributed by atoms with Crippen LogP contribution in [0.4, 0.5) is 0 Å². The highest BCUT2D eigenvalue weighted by atomic mass is 35.5. The first-order chi connectivity index (χ1) is 6.86. The van der Waals surface area contributed by atoms with E-state index in [9.17, 15) is 0 Å². The zero-order chi connectivity index (χ0) is 9.80. The van der Waals surface area contributed by atoms with Gasteiger partial charge in [-0.1, -0.05) is 30.3 Å². The zero-order valence-corrected chi connectivity index (χ0v) is 8.54. The Balaban J connectivity index is 1.86. The summed E-state index contributed by atoms with van der Waals surface area (Å²) in [5, 5.41) is 2.43. The summed E-state index contributed by atoms with van der Waals surface area (Å²) in [7, 11) is 0. The lowest BCUT2D eigenvalue weighted by Crippen LogP contribution is -2.38. The van der Waals surface area contributed by atoms with E-state index in [1.165, 1.54) is 5.56 Å². The third-order valence-corrected chi connectivity index (χ3v) is 2.43. The van der Waals surface area contributed by atoms with Crippen molar-refractivity contribution in [1.29, 1.82) is 0 Å². The number of nitrogens with zero attached hydrogens (tertiary/aromatic N) is 2. The summed E-state index contributed by atoms with van der Waals surface area (Å²) in [4.78, 5) is 4.08. The molecule has 0 saturated carbocycles. The SMILES string of the molecule is ClC1=NCCN1NCc1ccccc1. The standard InChI is InChI=1S/C10H12ClN3/c11-10-12-6-7-14(10)13-8-9-4-2-1-3-5-9/h1-5,13H,6-8H2. The number of hydrazine groups is 1. The van der Waals surface area contributed by atoms with Crippen molar-refractivity contribution < 1.29 is 0 Å². The van der Waals surface area contributed by atoms with Gasteiger partial charge in [0.2, 0.25) is 5.29 Å². The Bertz CT molecular complexity index is 323. The van der Waals surface area contributed by atoms with Gasteiger partial charge in [-0.05, 0) is 17.2 Å². The van der Waals surface area contributed by atoms with Crippen LogP contribution >= 0.6 is 11.6 Å². The molecule has 0 amide bonds. The highest BCUT2D eigenvalue weighted by Crippen LogP contribution is 2.03. The molecule has 1 aromatic carbocycles. The molecule has 1 heterocycles. The molecule has 0 radical (unpaired) electrons. The van der Waals surface area contributed by atoms with E-state index in [2.05, 4.69) is 22.6 Å². The van der Waals surface area contributed by atoms with Crippen molar-refractivity contribution in [3.05, 3.63) is 35.9 Å². The largest absolute Gasteiger partial charge is 0.280 e. The Kier molecular flexibility index (Phi) is 3.01. The number of hydrogen-bond acceptors (Lipinski definition) is 3. The molecule has 0 saturated heterocycles. The van der Waals surface area contributed by atoms with Gasteiger partial charge in [0, 0.05) is 6.54 Å². The molecule has 1 aliphatic rings. The fourth-order valence-electron chi connectivity index (χ4n) is 1.35. The van der Waals surface area contributed by atoms with E-state index in [4.69, 9.17) is 11.6 Å². The number of aliphatic imine (C=N–C) groups is 1. The highest BCUT2D eigenvalue weighted by Gasteiger charge is 2.13. The van der Waals surface area contributed by atoms with Crippen LogP contribution in [0.3, 0.4) is 0 Å². The van der Waals surface area contributed by atoms with Gasteiger partial charge in [0.25, 0.3) is 0 Å². The van der Waals surface area contributed by atoms with Gasteiger partial charge in [0.1, 0.15) is 0 Å². The molecule has 0 aromatic heterocycles. The summed E-state index contributed by atoms with van der Waals surface area (Å²) in [5.74, 6) is 0. The number of rotatable bonds is 3. The molecule has 1 aromatic rings. The summed E-state index contributed by atoms with van der Waals surface area (Å²) in [6.07, 6.45) is 0. The second-order valence-electron chi connectivity index (χ2n) is 3.12. The molecular weight excluding hydrogens is 198 g/mol. The van der Waals surface area contributed by atoms with Crippen LogP contribution in [-0.2, 0) is 6.54 Å². The number of amidine groups is 1. The molecule has 0 fully saturated rings. The highest BCUT2D eigenvalue weighted by molar-refractivity contribution is 6.64. The molecule has 4 heteroatoms. The van der Waals surface area contributed by atoms with Crippen molar-refractivity contribution in [2.24, 2.45) is 4.99 Å². The van der Waals surface area contributed by atoms with Crippen LogP contribution < -0.4 is 5.43 Å². The lowest BCUT2D eigenvalue weighted by Gasteiger charge is -2.17. The second-order valence-corrected chi connectivity index (χ2v) is 3.46. The molecule has 1 N–H and O–H groups in total. The van der Waals surface area contributed by atoms with E-state index < -0.39 is 0 Å².